The Balaban J connectivity index is 2.66. The third kappa shape index (κ3) is 3.30. The molecular weight excluding hydrogens is 231 g/mol. The van der Waals surface area contributed by atoms with Gasteiger partial charge in [-0.05, 0) is 12.1 Å². The van der Waals surface area contributed by atoms with Crippen LogP contribution in [0.4, 0.5) is 10.1 Å². The fraction of sp³-hybridized carbons (Fsp3) is 0.300. The third-order valence-corrected chi connectivity index (χ3v) is 2.75. The summed E-state index contributed by atoms with van der Waals surface area (Å²) in [4.78, 5) is 11.5. The number of carbonyl (C=O) groups is 1. The molecule has 6 heteroatoms. The van der Waals surface area contributed by atoms with Crippen LogP contribution >= 0.6 is 0 Å². The van der Waals surface area contributed by atoms with Gasteiger partial charge in [0.1, 0.15) is 5.82 Å². The molecule has 0 spiro atoms. The Hall–Kier alpha value is -1.43. The van der Waals surface area contributed by atoms with Gasteiger partial charge < -0.3 is 11.1 Å². The second-order valence-electron chi connectivity index (χ2n) is 3.23. The van der Waals surface area contributed by atoms with E-state index in [0.717, 1.165) is 0 Å². The summed E-state index contributed by atoms with van der Waals surface area (Å²) in [6.45, 7) is 0.276. The predicted molar refractivity (Wildman–Crippen MR) is 62.1 cm³/mol. The number of hydrogen-bond donors (Lipinski definition) is 2. The molecular formula is C10H13FN2O2S. The number of nitrogens with one attached hydrogen (secondary N) is 1. The molecule has 3 N–H and O–H groups in total. The number of anilines is 1. The maximum absolute atomic E-state index is 13.0. The highest BCUT2D eigenvalue weighted by molar-refractivity contribution is 7.84. The van der Waals surface area contributed by atoms with Crippen LogP contribution in [0.25, 0.3) is 0 Å². The zero-order valence-electron chi connectivity index (χ0n) is 8.83. The highest BCUT2D eigenvalue weighted by atomic mass is 32.2. The van der Waals surface area contributed by atoms with E-state index in [1.807, 2.05) is 0 Å². The van der Waals surface area contributed by atoms with Crippen molar-refractivity contribution in [2.24, 2.45) is 0 Å². The van der Waals surface area contributed by atoms with Crippen molar-refractivity contribution >= 4 is 22.4 Å². The summed E-state index contributed by atoms with van der Waals surface area (Å²) >= 11 is 0. The molecule has 0 bridgehead atoms. The molecule has 0 saturated carbocycles. The number of benzene rings is 1. The van der Waals surface area contributed by atoms with E-state index in [0.29, 0.717) is 5.75 Å². The second kappa shape index (κ2) is 5.60. The number of halogens is 1. The number of carbonyl (C=O) groups excluding carboxylic acids is 1. The zero-order chi connectivity index (χ0) is 12.1. The van der Waals surface area contributed by atoms with E-state index in [9.17, 15) is 13.4 Å². The summed E-state index contributed by atoms with van der Waals surface area (Å²) in [7, 11) is -0.968. The van der Waals surface area contributed by atoms with E-state index in [2.05, 4.69) is 5.32 Å². The normalized spacial score (nSPS) is 12.1. The fourth-order valence-corrected chi connectivity index (χ4v) is 1.53. The first-order valence-corrected chi connectivity index (χ1v) is 6.37. The van der Waals surface area contributed by atoms with Crippen LogP contribution in [-0.4, -0.2) is 28.7 Å². The molecule has 0 fully saturated rings. The van der Waals surface area contributed by atoms with Crippen LogP contribution in [-0.2, 0) is 10.8 Å². The van der Waals surface area contributed by atoms with Gasteiger partial charge in [0.05, 0.1) is 11.3 Å². The highest BCUT2D eigenvalue weighted by Crippen LogP contribution is 2.15. The summed E-state index contributed by atoms with van der Waals surface area (Å²) in [5, 5.41) is 2.52. The fourth-order valence-electron chi connectivity index (χ4n) is 1.14. The lowest BCUT2D eigenvalue weighted by Gasteiger charge is -2.07. The van der Waals surface area contributed by atoms with E-state index in [1.165, 1.54) is 18.2 Å². The van der Waals surface area contributed by atoms with Crippen LogP contribution in [0.3, 0.4) is 0 Å². The minimum absolute atomic E-state index is 0.0990. The summed E-state index contributed by atoms with van der Waals surface area (Å²) in [6.07, 6.45) is 1.54. The Bertz CT molecular complexity index is 423. The molecule has 0 aliphatic rings. The first-order valence-electron chi connectivity index (χ1n) is 4.64. The van der Waals surface area contributed by atoms with Crippen molar-refractivity contribution in [3.8, 4) is 0 Å². The molecule has 1 amide bonds. The average molecular weight is 244 g/mol. The van der Waals surface area contributed by atoms with Crippen molar-refractivity contribution < 1.29 is 13.4 Å². The van der Waals surface area contributed by atoms with Gasteiger partial charge in [0.25, 0.3) is 5.91 Å². The number of hydrogen-bond acceptors (Lipinski definition) is 3. The molecule has 1 aromatic carbocycles. The Morgan fingerprint density at radius 1 is 1.56 bits per heavy atom. The van der Waals surface area contributed by atoms with Gasteiger partial charge in [0.15, 0.2) is 0 Å². The molecule has 1 unspecified atom stereocenters. The van der Waals surface area contributed by atoms with Gasteiger partial charge in [-0.3, -0.25) is 9.00 Å². The third-order valence-electron chi connectivity index (χ3n) is 1.97. The van der Waals surface area contributed by atoms with E-state index in [4.69, 9.17) is 5.73 Å². The maximum atomic E-state index is 13.0. The van der Waals surface area contributed by atoms with Gasteiger partial charge in [-0.1, -0.05) is 6.07 Å². The van der Waals surface area contributed by atoms with Gasteiger partial charge in [-0.15, -0.1) is 0 Å². The van der Waals surface area contributed by atoms with Crippen molar-refractivity contribution in [2.75, 3.05) is 24.3 Å². The molecule has 0 heterocycles. The number of amides is 1. The van der Waals surface area contributed by atoms with E-state index in [-0.39, 0.29) is 17.8 Å². The minimum atomic E-state index is -0.968. The summed E-state index contributed by atoms with van der Waals surface area (Å²) in [6, 6.07) is 4.04. The minimum Gasteiger partial charge on any atom is -0.396 e. The van der Waals surface area contributed by atoms with Crippen molar-refractivity contribution in [3.63, 3.8) is 0 Å². The first kappa shape index (κ1) is 12.6. The second-order valence-corrected chi connectivity index (χ2v) is 4.79. The molecule has 0 aliphatic carbocycles. The lowest BCUT2D eigenvalue weighted by atomic mass is 10.1. The summed E-state index contributed by atoms with van der Waals surface area (Å²) in [5.41, 5.74) is 5.35. The van der Waals surface area contributed by atoms with Crippen molar-refractivity contribution in [3.05, 3.63) is 29.6 Å². The van der Waals surface area contributed by atoms with Crippen LogP contribution < -0.4 is 11.1 Å². The topological polar surface area (TPSA) is 72.2 Å². The molecule has 0 radical (unpaired) electrons. The molecule has 88 valence electrons. The molecule has 0 saturated heterocycles. The highest BCUT2D eigenvalue weighted by Gasteiger charge is 2.11. The van der Waals surface area contributed by atoms with Crippen molar-refractivity contribution in [1.29, 1.82) is 0 Å². The van der Waals surface area contributed by atoms with Gasteiger partial charge >= 0.3 is 0 Å². The lowest BCUT2D eigenvalue weighted by molar-refractivity contribution is 0.0956. The van der Waals surface area contributed by atoms with Crippen LogP contribution in [0.1, 0.15) is 10.4 Å². The van der Waals surface area contributed by atoms with Gasteiger partial charge in [0, 0.05) is 29.4 Å². The van der Waals surface area contributed by atoms with Crippen molar-refractivity contribution in [2.45, 2.75) is 0 Å². The lowest BCUT2D eigenvalue weighted by Crippen LogP contribution is -2.28. The molecule has 0 aliphatic heterocycles. The van der Waals surface area contributed by atoms with Crippen LogP contribution in [0.15, 0.2) is 18.2 Å². The van der Waals surface area contributed by atoms with E-state index < -0.39 is 22.5 Å². The average Bonchev–Trinajstić information content (AvgIpc) is 2.21. The Morgan fingerprint density at radius 3 is 2.88 bits per heavy atom. The maximum Gasteiger partial charge on any atom is 0.253 e. The molecule has 1 aromatic rings. The summed E-state index contributed by atoms with van der Waals surface area (Å²) < 4.78 is 23.8. The number of nitrogen functional groups attached to an aromatic ring is 1. The Labute approximate surface area is 95.5 Å². The van der Waals surface area contributed by atoms with Crippen molar-refractivity contribution in [1.82, 2.24) is 5.32 Å². The number of para-hydroxylation sites is 1. The Morgan fingerprint density at radius 2 is 2.25 bits per heavy atom. The zero-order valence-corrected chi connectivity index (χ0v) is 9.64. The quantitative estimate of drug-likeness (QED) is 0.758. The largest absolute Gasteiger partial charge is 0.396 e. The molecule has 1 rings (SSSR count). The van der Waals surface area contributed by atoms with Crippen LogP contribution in [0.2, 0.25) is 0 Å². The predicted octanol–water partition coefficient (Wildman–Crippen LogP) is 0.516. The Kier molecular flexibility index (Phi) is 4.42. The molecule has 0 aromatic heterocycles. The van der Waals surface area contributed by atoms with Crippen LogP contribution in [0, 0.1) is 5.82 Å². The number of nitrogens with two attached hydrogens (primary N) is 1. The van der Waals surface area contributed by atoms with Gasteiger partial charge in [0.2, 0.25) is 0 Å². The smallest absolute Gasteiger partial charge is 0.253 e. The summed E-state index contributed by atoms with van der Waals surface area (Å²) in [5.74, 6) is -0.713. The molecule has 1 atom stereocenters. The SMILES string of the molecule is CS(=O)CCNC(=O)c1cccc(F)c1N. The van der Waals surface area contributed by atoms with Gasteiger partial charge in [-0.25, -0.2) is 4.39 Å². The van der Waals surface area contributed by atoms with E-state index in [1.54, 1.807) is 6.26 Å². The van der Waals surface area contributed by atoms with Gasteiger partial charge in [-0.2, -0.15) is 0 Å². The molecule has 4 nitrogen and oxygen atoms in total. The van der Waals surface area contributed by atoms with E-state index >= 15 is 0 Å². The molecule has 16 heavy (non-hydrogen) atoms. The van der Waals surface area contributed by atoms with Crippen LogP contribution in [0.5, 0.6) is 0 Å². The monoisotopic (exact) mass is 244 g/mol. The number of rotatable bonds is 4. The standard InChI is InChI=1S/C10H13FN2O2S/c1-16(15)6-5-13-10(14)7-3-2-4-8(11)9(7)12/h2-4H,5-6,12H2,1H3,(H,13,14). The first-order chi connectivity index (χ1) is 7.52.